The smallest absolute Gasteiger partial charge is 0.261 e. The summed E-state index contributed by atoms with van der Waals surface area (Å²) in [5, 5.41) is 3.48. The summed E-state index contributed by atoms with van der Waals surface area (Å²) in [4.78, 5) is 12.4. The van der Waals surface area contributed by atoms with Crippen molar-refractivity contribution in [1.29, 1.82) is 0 Å². The number of hydrogen-bond donors (Lipinski definition) is 2. The Bertz CT molecular complexity index is 987. The molecule has 1 aliphatic carbocycles. The highest BCUT2D eigenvalue weighted by Crippen LogP contribution is 2.25. The van der Waals surface area contributed by atoms with Crippen molar-refractivity contribution in [2.45, 2.75) is 63.0 Å². The van der Waals surface area contributed by atoms with Crippen molar-refractivity contribution in [1.82, 2.24) is 5.32 Å². The first kappa shape index (κ1) is 22.4. The van der Waals surface area contributed by atoms with Crippen molar-refractivity contribution in [3.63, 3.8) is 0 Å². The molecule has 1 atom stereocenters. The van der Waals surface area contributed by atoms with Gasteiger partial charge >= 0.3 is 0 Å². The summed E-state index contributed by atoms with van der Waals surface area (Å²) in [5.74, 6) is 0.274. The number of carbonyl (C=O) groups excluding carboxylic acids is 1. The summed E-state index contributed by atoms with van der Waals surface area (Å²) in [6, 6.07) is 11.2. The SMILES string of the molecule is Cc1ccc(Cl)cc1NS(=O)(=O)c1ccc(O[C@H](C)C(=O)NC2CCCCC2)cc1. The van der Waals surface area contributed by atoms with Crippen LogP contribution in [0.25, 0.3) is 0 Å². The van der Waals surface area contributed by atoms with Crippen LogP contribution in [0, 0.1) is 6.92 Å². The lowest BCUT2D eigenvalue weighted by Crippen LogP contribution is -2.43. The number of hydrogen-bond acceptors (Lipinski definition) is 4. The van der Waals surface area contributed by atoms with Gasteiger partial charge in [-0.1, -0.05) is 36.9 Å². The fraction of sp³-hybridized carbons (Fsp3) is 0.409. The van der Waals surface area contributed by atoms with E-state index in [1.807, 2.05) is 0 Å². The average molecular weight is 451 g/mol. The largest absolute Gasteiger partial charge is 0.481 e. The molecule has 30 heavy (non-hydrogen) atoms. The van der Waals surface area contributed by atoms with Gasteiger partial charge in [0.1, 0.15) is 5.75 Å². The fourth-order valence-corrected chi connectivity index (χ4v) is 4.72. The van der Waals surface area contributed by atoms with Crippen LogP contribution in [0.2, 0.25) is 5.02 Å². The molecule has 0 aliphatic heterocycles. The highest BCUT2D eigenvalue weighted by molar-refractivity contribution is 7.92. The number of benzene rings is 2. The Labute approximate surface area is 183 Å². The van der Waals surface area contributed by atoms with E-state index in [4.69, 9.17) is 16.3 Å². The van der Waals surface area contributed by atoms with E-state index >= 15 is 0 Å². The first-order chi connectivity index (χ1) is 14.2. The van der Waals surface area contributed by atoms with Crippen LogP contribution in [0.3, 0.4) is 0 Å². The lowest BCUT2D eigenvalue weighted by molar-refractivity contribution is -0.128. The minimum Gasteiger partial charge on any atom is -0.481 e. The maximum Gasteiger partial charge on any atom is 0.261 e. The van der Waals surface area contributed by atoms with Crippen LogP contribution in [-0.4, -0.2) is 26.5 Å². The van der Waals surface area contributed by atoms with Gasteiger partial charge in [0.2, 0.25) is 0 Å². The number of halogens is 1. The Morgan fingerprint density at radius 1 is 1.10 bits per heavy atom. The van der Waals surface area contributed by atoms with E-state index in [0.717, 1.165) is 31.2 Å². The van der Waals surface area contributed by atoms with E-state index < -0.39 is 16.1 Å². The molecule has 3 rings (SSSR count). The zero-order chi connectivity index (χ0) is 21.7. The Morgan fingerprint density at radius 3 is 2.43 bits per heavy atom. The highest BCUT2D eigenvalue weighted by Gasteiger charge is 2.21. The van der Waals surface area contributed by atoms with Crippen LogP contribution >= 0.6 is 11.6 Å². The van der Waals surface area contributed by atoms with Gasteiger partial charge in [-0.15, -0.1) is 0 Å². The zero-order valence-corrected chi connectivity index (χ0v) is 18.7. The normalized spacial score (nSPS) is 16.0. The minimum atomic E-state index is -3.78. The number of sulfonamides is 1. The number of aryl methyl sites for hydroxylation is 1. The quantitative estimate of drug-likeness (QED) is 0.642. The molecule has 6 nitrogen and oxygen atoms in total. The predicted molar refractivity (Wildman–Crippen MR) is 119 cm³/mol. The first-order valence-electron chi connectivity index (χ1n) is 10.1. The topological polar surface area (TPSA) is 84.5 Å². The molecule has 0 unspecified atom stereocenters. The molecule has 0 heterocycles. The Hall–Kier alpha value is -2.25. The van der Waals surface area contributed by atoms with Crippen LogP contribution in [-0.2, 0) is 14.8 Å². The second-order valence-electron chi connectivity index (χ2n) is 7.64. The molecule has 2 aromatic rings. The number of anilines is 1. The summed E-state index contributed by atoms with van der Waals surface area (Å²) in [5.41, 5.74) is 1.19. The minimum absolute atomic E-state index is 0.0912. The van der Waals surface area contributed by atoms with Crippen molar-refractivity contribution < 1.29 is 17.9 Å². The first-order valence-corrected chi connectivity index (χ1v) is 12.0. The van der Waals surface area contributed by atoms with E-state index in [9.17, 15) is 13.2 Å². The maximum atomic E-state index is 12.7. The summed E-state index contributed by atoms with van der Waals surface area (Å²) in [7, 11) is -3.78. The third-order valence-electron chi connectivity index (χ3n) is 5.21. The molecule has 2 N–H and O–H groups in total. The van der Waals surface area contributed by atoms with Crippen molar-refractivity contribution in [3.8, 4) is 5.75 Å². The third-order valence-corrected chi connectivity index (χ3v) is 6.83. The van der Waals surface area contributed by atoms with Gasteiger partial charge in [0.05, 0.1) is 10.6 Å². The molecule has 0 bridgehead atoms. The molecule has 1 saturated carbocycles. The second-order valence-corrected chi connectivity index (χ2v) is 9.76. The molecule has 8 heteroatoms. The van der Waals surface area contributed by atoms with Crippen molar-refractivity contribution in [2.75, 3.05) is 4.72 Å². The number of rotatable bonds is 7. The van der Waals surface area contributed by atoms with Crippen molar-refractivity contribution in [3.05, 3.63) is 53.1 Å². The number of amides is 1. The van der Waals surface area contributed by atoms with Gasteiger partial charge < -0.3 is 10.1 Å². The molecular weight excluding hydrogens is 424 g/mol. The number of carbonyl (C=O) groups is 1. The zero-order valence-electron chi connectivity index (χ0n) is 17.2. The van der Waals surface area contributed by atoms with Crippen molar-refractivity contribution >= 4 is 33.2 Å². The highest BCUT2D eigenvalue weighted by atomic mass is 35.5. The molecule has 2 aromatic carbocycles. The summed E-state index contributed by atoms with van der Waals surface area (Å²) < 4.78 is 33.6. The van der Waals surface area contributed by atoms with Gasteiger partial charge in [-0.2, -0.15) is 0 Å². The van der Waals surface area contributed by atoms with Crippen LogP contribution in [0.5, 0.6) is 5.75 Å². The van der Waals surface area contributed by atoms with E-state index in [2.05, 4.69) is 10.0 Å². The van der Waals surface area contributed by atoms with Gasteiger partial charge in [-0.3, -0.25) is 9.52 Å². The van der Waals surface area contributed by atoms with Gasteiger partial charge in [-0.05, 0) is 68.7 Å². The average Bonchev–Trinajstić information content (AvgIpc) is 2.71. The molecule has 0 spiro atoms. The lowest BCUT2D eigenvalue weighted by atomic mass is 9.95. The van der Waals surface area contributed by atoms with Gasteiger partial charge in [0, 0.05) is 11.1 Å². The summed E-state index contributed by atoms with van der Waals surface area (Å²) in [6.45, 7) is 3.48. The molecule has 0 radical (unpaired) electrons. The van der Waals surface area contributed by atoms with Crippen molar-refractivity contribution in [2.24, 2.45) is 0 Å². The Balaban J connectivity index is 1.62. The second kappa shape index (κ2) is 9.71. The molecule has 1 amide bonds. The van der Waals surface area contributed by atoms with E-state index in [1.165, 1.54) is 18.6 Å². The van der Waals surface area contributed by atoms with E-state index in [0.29, 0.717) is 16.5 Å². The van der Waals surface area contributed by atoms with Gasteiger partial charge in [0.15, 0.2) is 6.10 Å². The predicted octanol–water partition coefficient (Wildman–Crippen LogP) is 4.67. The molecule has 1 fully saturated rings. The number of nitrogens with one attached hydrogen (secondary N) is 2. The maximum absolute atomic E-state index is 12.7. The summed E-state index contributed by atoms with van der Waals surface area (Å²) >= 11 is 5.96. The Morgan fingerprint density at radius 2 is 1.77 bits per heavy atom. The van der Waals surface area contributed by atoms with Crippen LogP contribution < -0.4 is 14.8 Å². The molecule has 162 valence electrons. The standard InChI is InChI=1S/C22H27ClN2O4S/c1-15-8-9-17(23)14-21(15)25-30(27,28)20-12-10-19(11-13-20)29-16(2)22(26)24-18-6-4-3-5-7-18/h8-14,16,18,25H,3-7H2,1-2H3,(H,24,26)/t16-/m1/s1. The number of ether oxygens (including phenoxy) is 1. The lowest BCUT2D eigenvalue weighted by Gasteiger charge is -2.24. The summed E-state index contributed by atoms with van der Waals surface area (Å²) in [6.07, 6.45) is 4.84. The molecule has 1 aliphatic rings. The fourth-order valence-electron chi connectivity index (χ4n) is 3.43. The van der Waals surface area contributed by atoms with Gasteiger partial charge in [-0.25, -0.2) is 8.42 Å². The van der Waals surface area contributed by atoms with Crippen LogP contribution in [0.1, 0.15) is 44.6 Å². The van der Waals surface area contributed by atoms with Gasteiger partial charge in [0.25, 0.3) is 15.9 Å². The molecular formula is C22H27ClN2O4S. The van der Waals surface area contributed by atoms with E-state index in [1.54, 1.807) is 44.2 Å². The van der Waals surface area contributed by atoms with Crippen LogP contribution in [0.15, 0.2) is 47.4 Å². The molecule has 0 aromatic heterocycles. The molecule has 0 saturated heterocycles. The monoisotopic (exact) mass is 450 g/mol. The van der Waals surface area contributed by atoms with Crippen LogP contribution in [0.4, 0.5) is 5.69 Å². The van der Waals surface area contributed by atoms with E-state index in [-0.39, 0.29) is 16.8 Å². The third kappa shape index (κ3) is 5.89. The Kier molecular flexibility index (Phi) is 7.26.